The summed E-state index contributed by atoms with van der Waals surface area (Å²) >= 11 is 0. The minimum Gasteiger partial charge on any atom is -0.480 e. The fraction of sp³-hybridized carbons (Fsp3) is 0.300. The van der Waals surface area contributed by atoms with Crippen LogP contribution in [0.3, 0.4) is 0 Å². The molecule has 0 saturated carbocycles. The van der Waals surface area contributed by atoms with Crippen LogP contribution in [0, 0.1) is 13.8 Å². The summed E-state index contributed by atoms with van der Waals surface area (Å²) in [5.74, 6) is 0.0693. The zero-order chi connectivity index (χ0) is 18.4. The second kappa shape index (κ2) is 8.33. The normalized spacial score (nSPS) is 11.5. The molecule has 0 aliphatic carbocycles. The number of hydrogen-bond donors (Lipinski definition) is 1. The van der Waals surface area contributed by atoms with Gasteiger partial charge in [-0.05, 0) is 61.7 Å². The topological polar surface area (TPSA) is 64.6 Å². The van der Waals surface area contributed by atoms with E-state index >= 15 is 0 Å². The molecule has 0 aliphatic rings. The molecule has 0 unspecified atom stereocenters. The standard InChI is InChI=1S/C20H23NO4/c1-5-17(25-18-8-6-7-13(2)14(18)3)19(22)21-16-11-9-15(10-12-16)20(23)24-4/h6-12,17H,5H2,1-4H3,(H,21,22)/t17-/m0/s1. The van der Waals surface area contributed by atoms with Gasteiger partial charge in [-0.2, -0.15) is 0 Å². The molecule has 1 atom stereocenters. The molecular formula is C20H23NO4. The van der Waals surface area contributed by atoms with E-state index in [0.29, 0.717) is 23.4 Å². The first kappa shape index (κ1) is 18.5. The third-order valence-corrected chi connectivity index (χ3v) is 4.06. The number of methoxy groups -OCH3 is 1. The molecule has 0 saturated heterocycles. The highest BCUT2D eigenvalue weighted by Gasteiger charge is 2.19. The lowest BCUT2D eigenvalue weighted by atomic mass is 10.1. The highest BCUT2D eigenvalue weighted by Crippen LogP contribution is 2.23. The van der Waals surface area contributed by atoms with Crippen LogP contribution in [0.15, 0.2) is 42.5 Å². The highest BCUT2D eigenvalue weighted by molar-refractivity contribution is 5.95. The van der Waals surface area contributed by atoms with E-state index in [2.05, 4.69) is 10.1 Å². The van der Waals surface area contributed by atoms with E-state index in [1.807, 2.05) is 39.0 Å². The molecule has 0 spiro atoms. The molecule has 2 aromatic carbocycles. The highest BCUT2D eigenvalue weighted by atomic mass is 16.5. The minimum absolute atomic E-state index is 0.228. The number of amides is 1. The molecule has 25 heavy (non-hydrogen) atoms. The van der Waals surface area contributed by atoms with Gasteiger partial charge in [0.15, 0.2) is 6.10 Å². The van der Waals surface area contributed by atoms with Crippen LogP contribution >= 0.6 is 0 Å². The number of carbonyl (C=O) groups excluding carboxylic acids is 2. The SMILES string of the molecule is CC[C@H](Oc1cccc(C)c1C)C(=O)Nc1ccc(C(=O)OC)cc1. The number of esters is 1. The van der Waals surface area contributed by atoms with E-state index in [9.17, 15) is 9.59 Å². The van der Waals surface area contributed by atoms with Gasteiger partial charge in [-0.1, -0.05) is 19.1 Å². The molecule has 0 aliphatic heterocycles. The molecule has 0 bridgehead atoms. The number of ether oxygens (including phenoxy) is 2. The zero-order valence-corrected chi connectivity index (χ0v) is 15.0. The quantitative estimate of drug-likeness (QED) is 0.810. The average Bonchev–Trinajstić information content (AvgIpc) is 2.62. The van der Waals surface area contributed by atoms with Crippen molar-refractivity contribution >= 4 is 17.6 Å². The summed E-state index contributed by atoms with van der Waals surface area (Å²) in [5.41, 5.74) is 3.17. The first-order chi connectivity index (χ1) is 12.0. The van der Waals surface area contributed by atoms with Crippen molar-refractivity contribution in [2.75, 3.05) is 12.4 Å². The maximum Gasteiger partial charge on any atom is 0.337 e. The maximum absolute atomic E-state index is 12.5. The van der Waals surface area contributed by atoms with Gasteiger partial charge in [0, 0.05) is 5.69 Å². The van der Waals surface area contributed by atoms with Gasteiger partial charge in [-0.15, -0.1) is 0 Å². The molecule has 0 radical (unpaired) electrons. The van der Waals surface area contributed by atoms with Gasteiger partial charge in [0.2, 0.25) is 0 Å². The minimum atomic E-state index is -0.596. The van der Waals surface area contributed by atoms with E-state index in [-0.39, 0.29) is 5.91 Å². The Morgan fingerprint density at radius 3 is 2.36 bits per heavy atom. The third-order valence-electron chi connectivity index (χ3n) is 4.06. The Morgan fingerprint density at radius 2 is 1.76 bits per heavy atom. The largest absolute Gasteiger partial charge is 0.480 e. The van der Waals surface area contributed by atoms with Crippen LogP contribution in [0.1, 0.15) is 34.8 Å². The summed E-state index contributed by atoms with van der Waals surface area (Å²) < 4.78 is 10.6. The Hall–Kier alpha value is -2.82. The molecular weight excluding hydrogens is 318 g/mol. The predicted octanol–water partition coefficient (Wildman–Crippen LogP) is 3.89. The van der Waals surface area contributed by atoms with Gasteiger partial charge in [-0.3, -0.25) is 4.79 Å². The maximum atomic E-state index is 12.5. The summed E-state index contributed by atoms with van der Waals surface area (Å²) in [6.45, 7) is 5.88. The molecule has 132 valence electrons. The monoisotopic (exact) mass is 341 g/mol. The lowest BCUT2D eigenvalue weighted by Gasteiger charge is -2.19. The summed E-state index contributed by atoms with van der Waals surface area (Å²) in [6, 6.07) is 12.3. The van der Waals surface area contributed by atoms with Crippen LogP contribution in [-0.2, 0) is 9.53 Å². The first-order valence-corrected chi connectivity index (χ1v) is 8.18. The van der Waals surface area contributed by atoms with Crippen molar-refractivity contribution in [3.05, 3.63) is 59.2 Å². The van der Waals surface area contributed by atoms with Gasteiger partial charge in [0.1, 0.15) is 5.75 Å². The lowest BCUT2D eigenvalue weighted by Crippen LogP contribution is -2.32. The van der Waals surface area contributed by atoms with E-state index in [0.717, 1.165) is 11.1 Å². The van der Waals surface area contributed by atoms with Crippen molar-refractivity contribution < 1.29 is 19.1 Å². The first-order valence-electron chi connectivity index (χ1n) is 8.18. The van der Waals surface area contributed by atoms with Crippen molar-refractivity contribution in [2.45, 2.75) is 33.3 Å². The number of rotatable bonds is 6. The lowest BCUT2D eigenvalue weighted by molar-refractivity contribution is -0.122. The van der Waals surface area contributed by atoms with E-state index in [1.54, 1.807) is 24.3 Å². The number of aryl methyl sites for hydroxylation is 1. The predicted molar refractivity (Wildman–Crippen MR) is 97.0 cm³/mol. The number of anilines is 1. The molecule has 2 aromatic rings. The summed E-state index contributed by atoms with van der Waals surface area (Å²) in [6.07, 6.45) is -0.0554. The Labute approximate surface area is 148 Å². The molecule has 0 heterocycles. The Bertz CT molecular complexity index is 753. The van der Waals surface area contributed by atoms with Crippen LogP contribution in [0.4, 0.5) is 5.69 Å². The molecule has 2 rings (SSSR count). The van der Waals surface area contributed by atoms with Gasteiger partial charge < -0.3 is 14.8 Å². The number of hydrogen-bond acceptors (Lipinski definition) is 4. The van der Waals surface area contributed by atoms with Gasteiger partial charge in [-0.25, -0.2) is 4.79 Å². The van der Waals surface area contributed by atoms with Crippen molar-refractivity contribution in [1.82, 2.24) is 0 Å². The van der Waals surface area contributed by atoms with Crippen LogP contribution < -0.4 is 10.1 Å². The fourth-order valence-electron chi connectivity index (χ4n) is 2.36. The van der Waals surface area contributed by atoms with Crippen molar-refractivity contribution in [2.24, 2.45) is 0 Å². The zero-order valence-electron chi connectivity index (χ0n) is 15.0. The fourth-order valence-corrected chi connectivity index (χ4v) is 2.36. The van der Waals surface area contributed by atoms with Crippen molar-refractivity contribution in [3.8, 4) is 5.75 Å². The van der Waals surface area contributed by atoms with Gasteiger partial charge in [0.05, 0.1) is 12.7 Å². The molecule has 1 amide bonds. The molecule has 5 heteroatoms. The van der Waals surface area contributed by atoms with Crippen molar-refractivity contribution in [1.29, 1.82) is 0 Å². The Balaban J connectivity index is 2.07. The molecule has 0 fully saturated rings. The number of benzene rings is 2. The Kier molecular flexibility index (Phi) is 6.17. The van der Waals surface area contributed by atoms with E-state index in [1.165, 1.54) is 7.11 Å². The van der Waals surface area contributed by atoms with E-state index in [4.69, 9.17) is 4.74 Å². The second-order valence-corrected chi connectivity index (χ2v) is 5.77. The van der Waals surface area contributed by atoms with Crippen LogP contribution in [0.25, 0.3) is 0 Å². The second-order valence-electron chi connectivity index (χ2n) is 5.77. The Morgan fingerprint density at radius 1 is 1.08 bits per heavy atom. The molecule has 5 nitrogen and oxygen atoms in total. The number of carbonyl (C=O) groups is 2. The average molecular weight is 341 g/mol. The number of nitrogens with one attached hydrogen (secondary N) is 1. The smallest absolute Gasteiger partial charge is 0.337 e. The van der Waals surface area contributed by atoms with Crippen LogP contribution in [0.2, 0.25) is 0 Å². The summed E-state index contributed by atoms with van der Waals surface area (Å²) in [5, 5.41) is 2.82. The third kappa shape index (κ3) is 4.59. The molecule has 1 N–H and O–H groups in total. The van der Waals surface area contributed by atoms with Crippen LogP contribution in [-0.4, -0.2) is 25.1 Å². The summed E-state index contributed by atoms with van der Waals surface area (Å²) in [7, 11) is 1.33. The van der Waals surface area contributed by atoms with Gasteiger partial charge >= 0.3 is 5.97 Å². The summed E-state index contributed by atoms with van der Waals surface area (Å²) in [4.78, 5) is 23.9. The van der Waals surface area contributed by atoms with Gasteiger partial charge in [0.25, 0.3) is 5.91 Å². The van der Waals surface area contributed by atoms with Crippen LogP contribution in [0.5, 0.6) is 5.75 Å². The van der Waals surface area contributed by atoms with E-state index < -0.39 is 12.1 Å². The molecule has 0 aromatic heterocycles. The van der Waals surface area contributed by atoms with Crippen molar-refractivity contribution in [3.63, 3.8) is 0 Å².